The van der Waals surface area contributed by atoms with Gasteiger partial charge in [-0.2, -0.15) is 0 Å². The van der Waals surface area contributed by atoms with Crippen molar-refractivity contribution < 1.29 is 19.1 Å². The van der Waals surface area contributed by atoms with E-state index in [9.17, 15) is 19.2 Å². The van der Waals surface area contributed by atoms with Crippen molar-refractivity contribution in [1.29, 1.82) is 0 Å². The number of benzene rings is 3. The third-order valence-electron chi connectivity index (χ3n) is 6.61. The molecule has 0 unspecified atom stereocenters. The Morgan fingerprint density at radius 3 is 1.52 bits per heavy atom. The van der Waals surface area contributed by atoms with Crippen LogP contribution in [0, 0.1) is 6.92 Å². The lowest BCUT2D eigenvalue weighted by atomic mass is 9.84. The molecular formula is C30H26N4O6. The van der Waals surface area contributed by atoms with Gasteiger partial charge in [0.15, 0.2) is 11.4 Å². The van der Waals surface area contributed by atoms with Crippen LogP contribution < -0.4 is 11.1 Å². The summed E-state index contributed by atoms with van der Waals surface area (Å²) in [6.07, 6.45) is 0. The summed E-state index contributed by atoms with van der Waals surface area (Å²) in [7, 11) is 2.40. The maximum atomic E-state index is 14.1. The number of hydrogen-bond donors (Lipinski definition) is 2. The molecular weight excluding hydrogens is 512 g/mol. The van der Waals surface area contributed by atoms with Gasteiger partial charge in [-0.3, -0.25) is 19.8 Å². The maximum Gasteiger partial charge on any atom is 0.356 e. The highest BCUT2D eigenvalue weighted by Gasteiger charge is 2.37. The molecule has 0 aliphatic carbocycles. The predicted octanol–water partition coefficient (Wildman–Crippen LogP) is 3.71. The maximum absolute atomic E-state index is 14.1. The summed E-state index contributed by atoms with van der Waals surface area (Å²) in [5.74, 6) is -2.76. The molecule has 0 saturated carbocycles. The summed E-state index contributed by atoms with van der Waals surface area (Å²) < 4.78 is 12.5. The predicted molar refractivity (Wildman–Crippen MR) is 148 cm³/mol. The van der Waals surface area contributed by atoms with Crippen molar-refractivity contribution in [2.75, 3.05) is 14.2 Å². The van der Waals surface area contributed by atoms with Crippen LogP contribution in [0.1, 0.15) is 49.1 Å². The van der Waals surface area contributed by atoms with E-state index in [-0.39, 0.29) is 22.5 Å². The number of aromatic nitrogens is 4. The number of hydrogen-bond acceptors (Lipinski definition) is 6. The molecule has 0 spiro atoms. The zero-order chi connectivity index (χ0) is 28.4. The van der Waals surface area contributed by atoms with Gasteiger partial charge >= 0.3 is 11.9 Å². The van der Waals surface area contributed by atoms with Crippen LogP contribution in [-0.2, 0) is 9.47 Å². The van der Waals surface area contributed by atoms with E-state index in [1.807, 2.05) is 13.0 Å². The van der Waals surface area contributed by atoms with Gasteiger partial charge in [-0.25, -0.2) is 19.0 Å². The molecule has 3 aromatic carbocycles. The minimum absolute atomic E-state index is 0.0530. The van der Waals surface area contributed by atoms with Crippen molar-refractivity contribution in [3.8, 4) is 11.4 Å². The second kappa shape index (κ2) is 10.8. The van der Waals surface area contributed by atoms with E-state index in [0.29, 0.717) is 16.9 Å². The summed E-state index contributed by atoms with van der Waals surface area (Å²) >= 11 is 0. The number of esters is 2. The summed E-state index contributed by atoms with van der Waals surface area (Å²) in [5.41, 5.74) is 0.734. The van der Waals surface area contributed by atoms with E-state index in [1.54, 1.807) is 78.9 Å². The molecule has 0 saturated heterocycles. The van der Waals surface area contributed by atoms with Gasteiger partial charge < -0.3 is 9.47 Å². The Balaban J connectivity index is 1.90. The van der Waals surface area contributed by atoms with Crippen LogP contribution in [0.15, 0.2) is 94.5 Å². The lowest BCUT2D eigenvalue weighted by Crippen LogP contribution is -2.26. The van der Waals surface area contributed by atoms with E-state index in [1.165, 1.54) is 23.6 Å². The molecule has 10 nitrogen and oxygen atoms in total. The van der Waals surface area contributed by atoms with Crippen LogP contribution in [0.5, 0.6) is 0 Å². The Morgan fingerprint density at radius 2 is 1.12 bits per heavy atom. The molecule has 2 heterocycles. The SMILES string of the molecule is COC(=O)c1[nH]n(-c2ccccc2)c(=O)c1C(c1cccc(C)c1)c1c(C(=O)OC)[nH]n(-c2ccccc2)c1=O. The van der Waals surface area contributed by atoms with Crippen molar-refractivity contribution in [2.45, 2.75) is 12.8 Å². The fourth-order valence-corrected chi connectivity index (χ4v) is 4.80. The number of nitrogens with zero attached hydrogens (tertiary/aromatic N) is 2. The summed E-state index contributed by atoms with van der Waals surface area (Å²) in [6, 6.07) is 24.5. The number of para-hydroxylation sites is 2. The molecule has 2 aromatic heterocycles. The van der Waals surface area contributed by atoms with Crippen molar-refractivity contribution in [1.82, 2.24) is 19.6 Å². The first-order valence-electron chi connectivity index (χ1n) is 12.4. The lowest BCUT2D eigenvalue weighted by Gasteiger charge is -2.17. The van der Waals surface area contributed by atoms with Crippen molar-refractivity contribution >= 4 is 11.9 Å². The Bertz CT molecular complexity index is 1700. The fourth-order valence-electron chi connectivity index (χ4n) is 4.80. The third-order valence-corrected chi connectivity index (χ3v) is 6.61. The molecule has 40 heavy (non-hydrogen) atoms. The van der Waals surface area contributed by atoms with Crippen molar-refractivity contribution in [2.24, 2.45) is 0 Å². The molecule has 0 atom stereocenters. The van der Waals surface area contributed by atoms with Gasteiger partial charge in [0.05, 0.1) is 36.7 Å². The number of aryl methyl sites for hydroxylation is 1. The number of nitrogens with one attached hydrogen (secondary N) is 2. The summed E-state index contributed by atoms with van der Waals surface area (Å²) in [5, 5.41) is 5.73. The van der Waals surface area contributed by atoms with Crippen LogP contribution in [0.3, 0.4) is 0 Å². The molecule has 5 aromatic rings. The second-order valence-electron chi connectivity index (χ2n) is 9.08. The third kappa shape index (κ3) is 4.55. The smallest absolute Gasteiger partial charge is 0.356 e. The van der Waals surface area contributed by atoms with Gasteiger partial charge in [-0.15, -0.1) is 0 Å². The largest absolute Gasteiger partial charge is 0.464 e. The van der Waals surface area contributed by atoms with Gasteiger partial charge in [0.25, 0.3) is 11.1 Å². The Kier molecular flexibility index (Phi) is 7.07. The van der Waals surface area contributed by atoms with E-state index in [0.717, 1.165) is 5.56 Å². The van der Waals surface area contributed by atoms with Crippen LogP contribution in [0.4, 0.5) is 0 Å². The van der Waals surface area contributed by atoms with Gasteiger partial charge in [-0.1, -0.05) is 66.2 Å². The highest BCUT2D eigenvalue weighted by atomic mass is 16.5. The zero-order valence-electron chi connectivity index (χ0n) is 22.0. The Morgan fingerprint density at radius 1 is 0.675 bits per heavy atom. The molecule has 0 bridgehead atoms. The molecule has 202 valence electrons. The fraction of sp³-hybridized carbons (Fsp3) is 0.133. The van der Waals surface area contributed by atoms with Crippen molar-refractivity contribution in [3.63, 3.8) is 0 Å². The number of carbonyl (C=O) groups excluding carboxylic acids is 2. The van der Waals surface area contributed by atoms with Crippen LogP contribution in [0.2, 0.25) is 0 Å². The van der Waals surface area contributed by atoms with Crippen molar-refractivity contribution in [3.05, 3.63) is 139 Å². The number of methoxy groups -OCH3 is 2. The highest BCUT2D eigenvalue weighted by molar-refractivity contribution is 5.91. The molecule has 0 fully saturated rings. The average Bonchev–Trinajstić information content (AvgIpc) is 3.51. The summed E-state index contributed by atoms with van der Waals surface area (Å²) in [6.45, 7) is 1.86. The van der Waals surface area contributed by atoms with E-state index < -0.39 is 29.0 Å². The molecule has 0 aliphatic heterocycles. The molecule has 0 radical (unpaired) electrons. The first-order chi connectivity index (χ1) is 19.3. The molecule has 10 heteroatoms. The van der Waals surface area contributed by atoms with Crippen LogP contribution in [-0.4, -0.2) is 45.7 Å². The lowest BCUT2D eigenvalue weighted by molar-refractivity contribution is 0.0585. The normalized spacial score (nSPS) is 11.0. The quantitative estimate of drug-likeness (QED) is 0.304. The minimum Gasteiger partial charge on any atom is -0.464 e. The first-order valence-corrected chi connectivity index (χ1v) is 12.4. The number of carbonyl (C=O) groups is 2. The van der Waals surface area contributed by atoms with Crippen LogP contribution >= 0.6 is 0 Å². The minimum atomic E-state index is -1.15. The monoisotopic (exact) mass is 538 g/mol. The second-order valence-corrected chi connectivity index (χ2v) is 9.08. The van der Waals surface area contributed by atoms with Gasteiger partial charge in [0, 0.05) is 5.92 Å². The van der Waals surface area contributed by atoms with Gasteiger partial charge in [0.1, 0.15) is 0 Å². The number of rotatable bonds is 7. The van der Waals surface area contributed by atoms with E-state index >= 15 is 0 Å². The van der Waals surface area contributed by atoms with Gasteiger partial charge in [-0.05, 0) is 36.8 Å². The Labute approximate surface area is 228 Å². The molecule has 5 rings (SSSR count). The Hall–Kier alpha value is -5.38. The number of ether oxygens (including phenoxy) is 2. The van der Waals surface area contributed by atoms with Gasteiger partial charge in [0.2, 0.25) is 0 Å². The number of aromatic amines is 2. The standard InChI is InChI=1S/C30H26N4O6/c1-18-11-10-12-19(17-18)22(23-25(29(37)39-2)31-33(27(23)35)20-13-6-4-7-14-20)24-26(30(38)40-3)32-34(28(24)36)21-15-8-5-9-16-21/h4-17,22,31-32H,1-3H3. The van der Waals surface area contributed by atoms with Crippen LogP contribution in [0.25, 0.3) is 11.4 Å². The number of H-pyrrole nitrogens is 2. The first kappa shape index (κ1) is 26.2. The van der Waals surface area contributed by atoms with E-state index in [2.05, 4.69) is 10.2 Å². The van der Waals surface area contributed by atoms with E-state index in [4.69, 9.17) is 9.47 Å². The molecule has 0 aliphatic rings. The molecule has 2 N–H and O–H groups in total. The molecule has 0 amide bonds. The summed E-state index contributed by atoms with van der Waals surface area (Å²) in [4.78, 5) is 54.3. The highest BCUT2D eigenvalue weighted by Crippen LogP contribution is 2.33. The average molecular weight is 539 g/mol. The topological polar surface area (TPSA) is 128 Å². The zero-order valence-corrected chi connectivity index (χ0v) is 22.0.